The molecule has 1 aliphatic rings. The van der Waals surface area contributed by atoms with Crippen molar-refractivity contribution in [2.24, 2.45) is 0 Å². The predicted octanol–water partition coefficient (Wildman–Crippen LogP) is 2.98. The molecule has 24 heavy (non-hydrogen) atoms. The number of alkyl halides is 2. The number of anilines is 1. The molecule has 0 fully saturated rings. The van der Waals surface area contributed by atoms with Gasteiger partial charge < -0.3 is 10.6 Å². The molecule has 2 aromatic rings. The molecule has 3 rings (SSSR count). The summed E-state index contributed by atoms with van der Waals surface area (Å²) in [4.78, 5) is -0.371. The van der Waals surface area contributed by atoms with Gasteiger partial charge in [-0.1, -0.05) is 24.3 Å². The summed E-state index contributed by atoms with van der Waals surface area (Å²) in [7, 11) is -4.54. The van der Waals surface area contributed by atoms with Crippen molar-refractivity contribution >= 4 is 15.5 Å². The second-order valence-electron chi connectivity index (χ2n) is 5.67. The van der Waals surface area contributed by atoms with E-state index in [4.69, 9.17) is 0 Å². The summed E-state index contributed by atoms with van der Waals surface area (Å²) in [5.41, 5.74) is 3.25. The number of benzene rings is 2. The summed E-state index contributed by atoms with van der Waals surface area (Å²) >= 11 is 0. The standard InChI is InChI=1S/C17H18F2N2O2S/c18-17(19)24(22,23)14-7-5-13(6-8-14)21-11-16-15-4-2-1-3-12(15)9-10-20-16/h1-8,16-17,20-21H,9-11H2. The lowest BCUT2D eigenvalue weighted by atomic mass is 9.94. The van der Waals surface area contributed by atoms with Crippen LogP contribution in [0.2, 0.25) is 0 Å². The minimum absolute atomic E-state index is 0.152. The maximum absolute atomic E-state index is 12.5. The maximum Gasteiger partial charge on any atom is 0.341 e. The molecule has 0 amide bonds. The number of hydrogen-bond acceptors (Lipinski definition) is 4. The molecule has 1 unspecified atom stereocenters. The Morgan fingerprint density at radius 3 is 2.54 bits per heavy atom. The van der Waals surface area contributed by atoms with E-state index < -0.39 is 15.6 Å². The minimum atomic E-state index is -4.54. The molecule has 1 aliphatic heterocycles. The lowest BCUT2D eigenvalue weighted by molar-refractivity contribution is 0.234. The zero-order valence-corrected chi connectivity index (χ0v) is 13.7. The van der Waals surface area contributed by atoms with Crippen LogP contribution in [0.15, 0.2) is 53.4 Å². The number of fused-ring (bicyclic) bond motifs is 1. The Morgan fingerprint density at radius 2 is 1.83 bits per heavy atom. The predicted molar refractivity (Wildman–Crippen MR) is 89.0 cm³/mol. The van der Waals surface area contributed by atoms with Crippen LogP contribution < -0.4 is 10.6 Å². The summed E-state index contributed by atoms with van der Waals surface area (Å²) < 4.78 is 47.8. The van der Waals surface area contributed by atoms with Gasteiger partial charge in [-0.25, -0.2) is 8.42 Å². The van der Waals surface area contributed by atoms with Crippen LogP contribution in [0.3, 0.4) is 0 Å². The largest absolute Gasteiger partial charge is 0.383 e. The third kappa shape index (κ3) is 3.42. The van der Waals surface area contributed by atoms with Crippen molar-refractivity contribution in [1.29, 1.82) is 0 Å². The molecule has 2 N–H and O–H groups in total. The summed E-state index contributed by atoms with van der Waals surface area (Å²) in [5, 5.41) is 6.66. The van der Waals surface area contributed by atoms with Gasteiger partial charge in [0, 0.05) is 18.3 Å². The van der Waals surface area contributed by atoms with Crippen molar-refractivity contribution < 1.29 is 17.2 Å². The van der Waals surface area contributed by atoms with Crippen molar-refractivity contribution in [3.8, 4) is 0 Å². The van der Waals surface area contributed by atoms with Crippen molar-refractivity contribution in [2.75, 3.05) is 18.4 Å². The lowest BCUT2D eigenvalue weighted by Gasteiger charge is -2.27. The second-order valence-corrected chi connectivity index (χ2v) is 7.58. The summed E-state index contributed by atoms with van der Waals surface area (Å²) in [6.45, 7) is 1.52. The first kappa shape index (κ1) is 16.9. The zero-order valence-electron chi connectivity index (χ0n) is 12.9. The Bertz CT molecular complexity index is 808. The third-order valence-corrected chi connectivity index (χ3v) is 5.54. The van der Waals surface area contributed by atoms with E-state index in [2.05, 4.69) is 22.8 Å². The van der Waals surface area contributed by atoms with E-state index in [0.29, 0.717) is 12.2 Å². The van der Waals surface area contributed by atoms with E-state index in [-0.39, 0.29) is 10.9 Å². The lowest BCUT2D eigenvalue weighted by Crippen LogP contribution is -2.34. The Balaban J connectivity index is 1.68. The fourth-order valence-electron chi connectivity index (χ4n) is 2.86. The molecular formula is C17H18F2N2O2S. The molecule has 0 saturated carbocycles. The number of halogens is 2. The van der Waals surface area contributed by atoms with Gasteiger partial charge in [0.15, 0.2) is 0 Å². The first-order valence-corrected chi connectivity index (χ1v) is 9.20. The van der Waals surface area contributed by atoms with E-state index in [1.807, 2.05) is 12.1 Å². The Hall–Kier alpha value is -1.99. The molecule has 0 radical (unpaired) electrons. The highest BCUT2D eigenvalue weighted by Crippen LogP contribution is 2.24. The van der Waals surface area contributed by atoms with Gasteiger partial charge in [0.25, 0.3) is 0 Å². The van der Waals surface area contributed by atoms with E-state index in [1.54, 1.807) is 0 Å². The average molecular weight is 352 g/mol. The van der Waals surface area contributed by atoms with Gasteiger partial charge in [-0.05, 0) is 48.4 Å². The Kier molecular flexibility index (Phi) is 4.82. The molecule has 128 valence electrons. The van der Waals surface area contributed by atoms with Gasteiger partial charge >= 0.3 is 5.76 Å². The normalized spacial score (nSPS) is 17.5. The van der Waals surface area contributed by atoms with Crippen LogP contribution in [0.25, 0.3) is 0 Å². The molecule has 0 aromatic heterocycles. The first-order chi connectivity index (χ1) is 11.5. The average Bonchev–Trinajstić information content (AvgIpc) is 2.60. The van der Waals surface area contributed by atoms with Gasteiger partial charge in [0.05, 0.1) is 4.90 Å². The van der Waals surface area contributed by atoms with Gasteiger partial charge in [0.2, 0.25) is 9.84 Å². The van der Waals surface area contributed by atoms with E-state index in [9.17, 15) is 17.2 Å². The smallest absolute Gasteiger partial charge is 0.341 e. The number of sulfone groups is 1. The molecule has 1 atom stereocenters. The minimum Gasteiger partial charge on any atom is -0.383 e. The van der Waals surface area contributed by atoms with Crippen molar-refractivity contribution in [3.05, 3.63) is 59.7 Å². The van der Waals surface area contributed by atoms with Gasteiger partial charge in [-0.15, -0.1) is 0 Å². The fourth-order valence-corrected chi connectivity index (χ4v) is 3.58. The van der Waals surface area contributed by atoms with Gasteiger partial charge in [-0.3, -0.25) is 0 Å². The summed E-state index contributed by atoms with van der Waals surface area (Å²) in [6.07, 6.45) is 0.993. The van der Waals surface area contributed by atoms with Crippen LogP contribution in [-0.2, 0) is 16.3 Å². The van der Waals surface area contributed by atoms with Crippen LogP contribution in [0.1, 0.15) is 17.2 Å². The Labute approximate surface area is 139 Å². The molecule has 2 aromatic carbocycles. The van der Waals surface area contributed by atoms with Crippen molar-refractivity contribution in [1.82, 2.24) is 5.32 Å². The molecular weight excluding hydrogens is 334 g/mol. The van der Waals surface area contributed by atoms with Crippen molar-refractivity contribution in [3.63, 3.8) is 0 Å². The number of hydrogen-bond donors (Lipinski definition) is 2. The van der Waals surface area contributed by atoms with E-state index >= 15 is 0 Å². The highest BCUT2D eigenvalue weighted by atomic mass is 32.2. The summed E-state index contributed by atoms with van der Waals surface area (Å²) in [5.74, 6) is -3.40. The van der Waals surface area contributed by atoms with Crippen LogP contribution in [0.4, 0.5) is 14.5 Å². The molecule has 0 saturated heterocycles. The number of rotatable bonds is 5. The van der Waals surface area contributed by atoms with Gasteiger partial charge in [0.1, 0.15) is 0 Å². The second kappa shape index (κ2) is 6.86. The van der Waals surface area contributed by atoms with Crippen molar-refractivity contribution in [2.45, 2.75) is 23.1 Å². The quantitative estimate of drug-likeness (QED) is 0.869. The maximum atomic E-state index is 12.5. The monoisotopic (exact) mass is 352 g/mol. The van der Waals surface area contributed by atoms with Crippen LogP contribution in [0, 0.1) is 0 Å². The van der Waals surface area contributed by atoms with Crippen LogP contribution >= 0.6 is 0 Å². The number of nitrogens with one attached hydrogen (secondary N) is 2. The molecule has 0 bridgehead atoms. The molecule has 0 spiro atoms. The van der Waals surface area contributed by atoms with E-state index in [1.165, 1.54) is 35.4 Å². The third-order valence-electron chi connectivity index (χ3n) is 4.14. The molecule has 4 nitrogen and oxygen atoms in total. The highest BCUT2D eigenvalue weighted by Gasteiger charge is 2.26. The molecule has 0 aliphatic carbocycles. The Morgan fingerprint density at radius 1 is 1.12 bits per heavy atom. The molecule has 1 heterocycles. The first-order valence-electron chi connectivity index (χ1n) is 7.65. The fraction of sp³-hybridized carbons (Fsp3) is 0.294. The topological polar surface area (TPSA) is 58.2 Å². The molecule has 7 heteroatoms. The van der Waals surface area contributed by atoms with Gasteiger partial charge in [-0.2, -0.15) is 8.78 Å². The van der Waals surface area contributed by atoms with Crippen LogP contribution in [-0.4, -0.2) is 27.3 Å². The zero-order chi connectivity index (χ0) is 17.2. The highest BCUT2D eigenvalue weighted by molar-refractivity contribution is 7.91. The van der Waals surface area contributed by atoms with Crippen LogP contribution in [0.5, 0.6) is 0 Å². The SMILES string of the molecule is O=S(=O)(c1ccc(NCC2NCCc3ccccc32)cc1)C(F)F. The summed E-state index contributed by atoms with van der Waals surface area (Å²) in [6, 6.07) is 13.8. The van der Waals surface area contributed by atoms with E-state index in [0.717, 1.165) is 13.0 Å².